The van der Waals surface area contributed by atoms with Gasteiger partial charge in [-0.25, -0.2) is 0 Å². The van der Waals surface area contributed by atoms with Crippen molar-refractivity contribution in [2.45, 2.75) is 26.8 Å². The van der Waals surface area contributed by atoms with Crippen LogP contribution in [-0.4, -0.2) is 41.1 Å². The van der Waals surface area contributed by atoms with Crippen LogP contribution in [0.5, 0.6) is 5.75 Å². The summed E-state index contributed by atoms with van der Waals surface area (Å²) in [6, 6.07) is 2.75. The summed E-state index contributed by atoms with van der Waals surface area (Å²) >= 11 is 3.24. The predicted octanol–water partition coefficient (Wildman–Crippen LogP) is 3.90. The molecule has 9 heteroatoms. The van der Waals surface area contributed by atoms with E-state index in [4.69, 9.17) is 0 Å². The van der Waals surface area contributed by atoms with E-state index in [1.165, 1.54) is 12.1 Å². The van der Waals surface area contributed by atoms with Gasteiger partial charge in [-0.2, -0.15) is 0 Å². The normalized spacial score (nSPS) is 16.7. The molecule has 1 fully saturated rings. The maximum absolute atomic E-state index is 11.1. The standard InChI is InChI=1S/C15H22BrN3O3.2ClH/c1-15(2,3)14(18-6-4-17-5-7-18)11-8-10(19(21)22)9-12(16)13(11)20;;/h8-9,14,17,20H,4-7H2,1-3H3;2*1H/t14-;;/m1../s1. The molecule has 2 N–H and O–H groups in total. The van der Waals surface area contributed by atoms with E-state index in [9.17, 15) is 15.2 Å². The Balaban J connectivity index is 0.00000264. The van der Waals surface area contributed by atoms with Crippen LogP contribution in [-0.2, 0) is 0 Å². The van der Waals surface area contributed by atoms with Crippen LogP contribution in [0.3, 0.4) is 0 Å². The first-order chi connectivity index (χ1) is 10.2. The third-order valence-corrected chi connectivity index (χ3v) is 4.52. The number of nitrogens with zero attached hydrogens (tertiary/aromatic N) is 2. The predicted molar refractivity (Wildman–Crippen MR) is 104 cm³/mol. The van der Waals surface area contributed by atoms with Gasteiger partial charge in [-0.05, 0) is 21.3 Å². The number of phenolic OH excluding ortho intramolecular Hbond substituents is 1. The van der Waals surface area contributed by atoms with Gasteiger partial charge in [-0.15, -0.1) is 24.8 Å². The van der Waals surface area contributed by atoms with Gasteiger partial charge >= 0.3 is 0 Å². The smallest absolute Gasteiger partial charge is 0.271 e. The van der Waals surface area contributed by atoms with Crippen LogP contribution in [0, 0.1) is 15.5 Å². The minimum atomic E-state index is -0.425. The molecule has 1 heterocycles. The summed E-state index contributed by atoms with van der Waals surface area (Å²) in [6.45, 7) is 9.72. The molecule has 138 valence electrons. The van der Waals surface area contributed by atoms with Gasteiger partial charge in [0.2, 0.25) is 0 Å². The molecular weight excluding hydrogens is 421 g/mol. The van der Waals surface area contributed by atoms with E-state index in [1.807, 2.05) is 0 Å². The molecule has 0 unspecified atom stereocenters. The van der Waals surface area contributed by atoms with Gasteiger partial charge < -0.3 is 10.4 Å². The second-order valence-corrected chi connectivity index (χ2v) is 7.53. The zero-order chi connectivity index (χ0) is 16.5. The lowest BCUT2D eigenvalue weighted by Crippen LogP contribution is -2.48. The largest absolute Gasteiger partial charge is 0.506 e. The molecule has 1 aliphatic heterocycles. The van der Waals surface area contributed by atoms with E-state index in [1.54, 1.807) is 0 Å². The number of non-ortho nitro benzene ring substituents is 1. The molecule has 24 heavy (non-hydrogen) atoms. The maximum atomic E-state index is 11.1. The summed E-state index contributed by atoms with van der Waals surface area (Å²) in [4.78, 5) is 13.0. The van der Waals surface area contributed by atoms with Crippen molar-refractivity contribution in [2.75, 3.05) is 26.2 Å². The number of rotatable bonds is 3. The average molecular weight is 445 g/mol. The number of nitrogens with one attached hydrogen (secondary N) is 1. The third kappa shape index (κ3) is 5.20. The maximum Gasteiger partial charge on any atom is 0.271 e. The molecule has 1 atom stereocenters. The van der Waals surface area contributed by atoms with Crippen LogP contribution >= 0.6 is 40.7 Å². The summed E-state index contributed by atoms with van der Waals surface area (Å²) in [6.07, 6.45) is 0. The SMILES string of the molecule is CC(C)(C)[C@@H](c1cc([N+](=O)[O-])cc(Br)c1O)N1CCNCC1.Cl.Cl. The third-order valence-electron chi connectivity index (χ3n) is 3.92. The minimum absolute atomic E-state index is 0. The van der Waals surface area contributed by atoms with Crippen molar-refractivity contribution in [1.29, 1.82) is 0 Å². The minimum Gasteiger partial charge on any atom is -0.506 e. The van der Waals surface area contributed by atoms with Crippen molar-refractivity contribution < 1.29 is 10.0 Å². The molecule has 1 aromatic carbocycles. The fraction of sp³-hybridized carbons (Fsp3) is 0.600. The number of nitro groups is 1. The molecule has 0 bridgehead atoms. The number of piperazine rings is 1. The zero-order valence-electron chi connectivity index (χ0n) is 13.9. The number of hydrogen-bond donors (Lipinski definition) is 2. The Hall–Kier alpha value is -0.600. The Morgan fingerprint density at radius 2 is 1.83 bits per heavy atom. The molecule has 1 aromatic rings. The van der Waals surface area contributed by atoms with Crippen molar-refractivity contribution in [2.24, 2.45) is 5.41 Å². The first-order valence-corrected chi connectivity index (χ1v) is 8.12. The first-order valence-electron chi connectivity index (χ1n) is 7.33. The fourth-order valence-corrected chi connectivity index (χ4v) is 3.53. The number of benzene rings is 1. The van der Waals surface area contributed by atoms with Gasteiger partial charge in [0.25, 0.3) is 5.69 Å². The summed E-state index contributed by atoms with van der Waals surface area (Å²) in [5.41, 5.74) is 0.434. The van der Waals surface area contributed by atoms with Crippen LogP contribution in [0.1, 0.15) is 32.4 Å². The molecular formula is C15H24BrCl2N3O3. The summed E-state index contributed by atoms with van der Waals surface area (Å²) in [5.74, 6) is 0.0871. The highest BCUT2D eigenvalue weighted by molar-refractivity contribution is 9.10. The lowest BCUT2D eigenvalue weighted by molar-refractivity contribution is -0.385. The van der Waals surface area contributed by atoms with E-state index < -0.39 is 4.92 Å². The van der Waals surface area contributed by atoms with Gasteiger partial charge in [-0.3, -0.25) is 15.0 Å². The molecule has 0 radical (unpaired) electrons. The molecule has 0 spiro atoms. The average Bonchev–Trinajstić information content (AvgIpc) is 2.43. The van der Waals surface area contributed by atoms with Crippen molar-refractivity contribution in [1.82, 2.24) is 10.2 Å². The molecule has 0 saturated carbocycles. The Kier molecular flexibility index (Phi) is 8.97. The number of hydrogen-bond acceptors (Lipinski definition) is 5. The topological polar surface area (TPSA) is 78.6 Å². The van der Waals surface area contributed by atoms with Crippen molar-refractivity contribution in [3.63, 3.8) is 0 Å². The Morgan fingerprint density at radius 1 is 1.29 bits per heavy atom. The van der Waals surface area contributed by atoms with E-state index in [2.05, 4.69) is 46.9 Å². The molecule has 0 aliphatic carbocycles. The quantitative estimate of drug-likeness (QED) is 0.545. The zero-order valence-corrected chi connectivity index (χ0v) is 17.1. The lowest BCUT2D eigenvalue weighted by Gasteiger charge is -2.42. The van der Waals surface area contributed by atoms with Gasteiger partial charge in [0, 0.05) is 49.9 Å². The highest BCUT2D eigenvalue weighted by Gasteiger charge is 2.35. The van der Waals surface area contributed by atoms with Gasteiger partial charge in [-0.1, -0.05) is 20.8 Å². The van der Waals surface area contributed by atoms with Crippen LogP contribution < -0.4 is 5.32 Å². The number of nitro benzene ring substituents is 1. The number of phenols is 1. The summed E-state index contributed by atoms with van der Waals surface area (Å²) < 4.78 is 0.362. The van der Waals surface area contributed by atoms with Gasteiger partial charge in [0.1, 0.15) is 5.75 Å². The van der Waals surface area contributed by atoms with Crippen molar-refractivity contribution in [3.8, 4) is 5.75 Å². The van der Waals surface area contributed by atoms with Crippen molar-refractivity contribution in [3.05, 3.63) is 32.3 Å². The molecule has 6 nitrogen and oxygen atoms in total. The Bertz CT molecular complexity index is 576. The second kappa shape index (κ2) is 9.20. The monoisotopic (exact) mass is 443 g/mol. The Labute approximate surface area is 163 Å². The number of halogens is 3. The van der Waals surface area contributed by atoms with Gasteiger partial charge in [0.05, 0.1) is 9.40 Å². The van der Waals surface area contributed by atoms with Crippen LogP contribution in [0.2, 0.25) is 0 Å². The van der Waals surface area contributed by atoms with Crippen LogP contribution in [0.4, 0.5) is 5.69 Å². The van der Waals surface area contributed by atoms with E-state index in [0.717, 1.165) is 26.2 Å². The second-order valence-electron chi connectivity index (χ2n) is 6.68. The fourth-order valence-electron chi connectivity index (χ4n) is 3.07. The highest BCUT2D eigenvalue weighted by atomic mass is 79.9. The van der Waals surface area contributed by atoms with Crippen molar-refractivity contribution >= 4 is 46.4 Å². The lowest BCUT2D eigenvalue weighted by atomic mass is 9.80. The number of aromatic hydroxyl groups is 1. The highest BCUT2D eigenvalue weighted by Crippen LogP contribution is 2.45. The summed E-state index contributed by atoms with van der Waals surface area (Å²) in [5, 5.41) is 24.9. The molecule has 0 amide bonds. The first kappa shape index (κ1) is 23.4. The van der Waals surface area contributed by atoms with E-state index in [0.29, 0.717) is 10.0 Å². The van der Waals surface area contributed by atoms with E-state index >= 15 is 0 Å². The van der Waals surface area contributed by atoms with E-state index in [-0.39, 0.29) is 47.7 Å². The molecule has 1 saturated heterocycles. The molecule has 2 rings (SSSR count). The Morgan fingerprint density at radius 3 is 2.29 bits per heavy atom. The van der Waals surface area contributed by atoms with Crippen LogP contribution in [0.25, 0.3) is 0 Å². The molecule has 0 aromatic heterocycles. The van der Waals surface area contributed by atoms with Gasteiger partial charge in [0.15, 0.2) is 0 Å². The molecule has 1 aliphatic rings. The van der Waals surface area contributed by atoms with Crippen LogP contribution in [0.15, 0.2) is 16.6 Å². The summed E-state index contributed by atoms with van der Waals surface area (Å²) in [7, 11) is 0.